The van der Waals surface area contributed by atoms with E-state index in [1.165, 1.54) is 0 Å². The lowest BCUT2D eigenvalue weighted by Crippen LogP contribution is -2.05. The molecule has 0 radical (unpaired) electrons. The Balaban J connectivity index is 2.23. The largest absolute Gasteiger partial charge is 0.316 e. The van der Waals surface area contributed by atoms with Crippen molar-refractivity contribution in [3.8, 4) is 0 Å². The Bertz CT molecular complexity index is 572. The van der Waals surface area contributed by atoms with Crippen LogP contribution in [0, 0.1) is 0 Å². The zero-order valence-electron chi connectivity index (χ0n) is 9.40. The lowest BCUT2D eigenvalue weighted by molar-refractivity contribution is 0.0995. The third-order valence-corrected chi connectivity index (χ3v) is 3.36. The van der Waals surface area contributed by atoms with Crippen molar-refractivity contribution in [3.63, 3.8) is 0 Å². The van der Waals surface area contributed by atoms with E-state index >= 15 is 0 Å². The highest BCUT2D eigenvalue weighted by molar-refractivity contribution is 7.11. The predicted molar refractivity (Wildman–Crippen MR) is 66.6 cm³/mol. The molecule has 0 unspecified atom stereocenters. The maximum Gasteiger partial charge on any atom is 0.305 e. The van der Waals surface area contributed by atoms with Crippen LogP contribution in [0.15, 0.2) is 29.2 Å². The van der Waals surface area contributed by atoms with Gasteiger partial charge in [0.1, 0.15) is 0 Å². The van der Waals surface area contributed by atoms with Gasteiger partial charge in [0, 0.05) is 17.6 Å². The molecule has 1 N–H and O–H groups in total. The summed E-state index contributed by atoms with van der Waals surface area (Å²) < 4.78 is 0. The summed E-state index contributed by atoms with van der Waals surface area (Å²) in [4.78, 5) is 30.4. The van der Waals surface area contributed by atoms with E-state index in [4.69, 9.17) is 0 Å². The quantitative estimate of drug-likeness (QED) is 0.839. The minimum Gasteiger partial charge on any atom is -0.316 e. The zero-order valence-corrected chi connectivity index (χ0v) is 10.2. The van der Waals surface area contributed by atoms with Crippen LogP contribution in [0.1, 0.15) is 28.0 Å². The van der Waals surface area contributed by atoms with Gasteiger partial charge >= 0.3 is 4.87 Å². The number of nitrogens with zero attached hydrogens (tertiary/aromatic N) is 1. The molecule has 0 saturated carbocycles. The first kappa shape index (κ1) is 11.7. The van der Waals surface area contributed by atoms with E-state index in [9.17, 15) is 9.59 Å². The highest BCUT2D eigenvalue weighted by Crippen LogP contribution is 2.13. The van der Waals surface area contributed by atoms with Gasteiger partial charge in [0.2, 0.25) is 0 Å². The lowest BCUT2D eigenvalue weighted by atomic mass is 10.1. The Kier molecular flexibility index (Phi) is 3.49. The van der Waals surface area contributed by atoms with Gasteiger partial charge in [-0.25, -0.2) is 0 Å². The molecule has 0 saturated heterocycles. The van der Waals surface area contributed by atoms with Crippen molar-refractivity contribution in [3.05, 3.63) is 50.3 Å². The number of H-pyrrole nitrogens is 1. The van der Waals surface area contributed by atoms with Crippen molar-refractivity contribution in [1.82, 2.24) is 9.97 Å². The van der Waals surface area contributed by atoms with Crippen LogP contribution in [0.3, 0.4) is 0 Å². The van der Waals surface area contributed by atoms with E-state index < -0.39 is 0 Å². The Morgan fingerprint density at radius 3 is 2.94 bits per heavy atom. The van der Waals surface area contributed by atoms with Gasteiger partial charge in [0.25, 0.3) is 0 Å². The van der Waals surface area contributed by atoms with E-state index in [1.807, 2.05) is 13.0 Å². The van der Waals surface area contributed by atoms with E-state index in [1.54, 1.807) is 18.3 Å². The summed E-state index contributed by atoms with van der Waals surface area (Å²) in [5, 5.41) is 0. The van der Waals surface area contributed by atoms with E-state index in [0.717, 1.165) is 22.7 Å². The summed E-state index contributed by atoms with van der Waals surface area (Å²) in [5.41, 5.74) is 1.45. The fourth-order valence-corrected chi connectivity index (χ4v) is 2.45. The molecular weight excluding hydrogens is 236 g/mol. The van der Waals surface area contributed by atoms with Gasteiger partial charge in [0.05, 0.1) is 11.3 Å². The number of aromatic amines is 1. The lowest BCUT2D eigenvalue weighted by Gasteiger charge is -1.99. The Morgan fingerprint density at radius 1 is 1.47 bits per heavy atom. The van der Waals surface area contributed by atoms with Gasteiger partial charge in [-0.05, 0) is 18.6 Å². The van der Waals surface area contributed by atoms with Crippen molar-refractivity contribution >= 4 is 17.1 Å². The molecule has 0 aliphatic heterocycles. The maximum absolute atomic E-state index is 12.0. The predicted octanol–water partition coefficient (Wildman–Crippen LogP) is 1.82. The van der Waals surface area contributed by atoms with Crippen LogP contribution in [0.5, 0.6) is 0 Å². The van der Waals surface area contributed by atoms with Crippen LogP contribution in [-0.4, -0.2) is 15.8 Å². The smallest absolute Gasteiger partial charge is 0.305 e. The van der Waals surface area contributed by atoms with Crippen LogP contribution >= 0.6 is 11.3 Å². The van der Waals surface area contributed by atoms with E-state index in [-0.39, 0.29) is 17.1 Å². The molecular formula is C12H12N2O2S. The monoisotopic (exact) mass is 248 g/mol. The maximum atomic E-state index is 12.0. The Morgan fingerprint density at radius 2 is 2.29 bits per heavy atom. The molecule has 0 aromatic carbocycles. The first-order chi connectivity index (χ1) is 8.20. The fraction of sp³-hybridized carbons (Fsp3) is 0.250. The molecule has 4 nitrogen and oxygen atoms in total. The average molecular weight is 248 g/mol. The van der Waals surface area contributed by atoms with Crippen molar-refractivity contribution in [2.45, 2.75) is 19.8 Å². The summed E-state index contributed by atoms with van der Waals surface area (Å²) in [5.74, 6) is -0.0519. The summed E-state index contributed by atoms with van der Waals surface area (Å²) in [6.45, 7) is 1.91. The number of aryl methyl sites for hydroxylation is 1. The number of hydrogen-bond acceptors (Lipinski definition) is 4. The first-order valence-corrected chi connectivity index (χ1v) is 6.17. The van der Waals surface area contributed by atoms with Gasteiger partial charge in [-0.3, -0.25) is 14.6 Å². The number of pyridine rings is 1. The fourth-order valence-electron chi connectivity index (χ4n) is 1.58. The molecule has 0 fully saturated rings. The number of carbonyl (C=O) groups excluding carboxylic acids is 1. The van der Waals surface area contributed by atoms with Crippen molar-refractivity contribution in [2.24, 2.45) is 0 Å². The standard InChI is InChI=1S/C12H12N2O2S/c1-2-9-11(17-12(16)14-9)10(15)7-8-5-3-4-6-13-8/h3-6H,2,7H2,1H3,(H,14,16). The second-order valence-electron chi connectivity index (χ2n) is 3.60. The minimum atomic E-state index is -0.175. The summed E-state index contributed by atoms with van der Waals surface area (Å²) in [6.07, 6.45) is 2.55. The number of hydrogen-bond donors (Lipinski definition) is 1. The first-order valence-electron chi connectivity index (χ1n) is 5.35. The number of Topliss-reactive ketones (excluding diaryl/α,β-unsaturated/α-hetero) is 1. The number of rotatable bonds is 4. The van der Waals surface area contributed by atoms with Gasteiger partial charge in [-0.1, -0.05) is 24.3 Å². The minimum absolute atomic E-state index is 0.0519. The van der Waals surface area contributed by atoms with Gasteiger partial charge in [0.15, 0.2) is 5.78 Å². The van der Waals surface area contributed by atoms with Gasteiger partial charge < -0.3 is 4.98 Å². The van der Waals surface area contributed by atoms with Crippen molar-refractivity contribution in [1.29, 1.82) is 0 Å². The zero-order chi connectivity index (χ0) is 12.3. The molecule has 0 amide bonds. The second kappa shape index (κ2) is 5.05. The molecule has 2 rings (SSSR count). The number of thiazole rings is 1. The number of carbonyl (C=O) groups is 1. The SMILES string of the molecule is CCc1[nH]c(=O)sc1C(=O)Cc1ccccn1. The Labute approximate surface area is 102 Å². The van der Waals surface area contributed by atoms with Crippen molar-refractivity contribution < 1.29 is 4.79 Å². The van der Waals surface area contributed by atoms with Gasteiger partial charge in [-0.2, -0.15) is 0 Å². The molecule has 17 heavy (non-hydrogen) atoms. The molecule has 0 atom stereocenters. The highest BCUT2D eigenvalue weighted by Gasteiger charge is 2.15. The van der Waals surface area contributed by atoms with E-state index in [0.29, 0.717) is 11.3 Å². The number of aromatic nitrogens is 2. The van der Waals surface area contributed by atoms with Crippen LogP contribution in [0.2, 0.25) is 0 Å². The summed E-state index contributed by atoms with van der Waals surface area (Å²) in [6, 6.07) is 5.45. The van der Waals surface area contributed by atoms with Crippen LogP contribution in [0.25, 0.3) is 0 Å². The van der Waals surface area contributed by atoms with Crippen LogP contribution in [-0.2, 0) is 12.8 Å². The summed E-state index contributed by atoms with van der Waals surface area (Å²) >= 11 is 0.978. The molecule has 2 aromatic rings. The molecule has 5 heteroatoms. The molecule has 0 aliphatic rings. The molecule has 2 heterocycles. The van der Waals surface area contributed by atoms with E-state index in [2.05, 4.69) is 9.97 Å². The van der Waals surface area contributed by atoms with Crippen molar-refractivity contribution in [2.75, 3.05) is 0 Å². The molecule has 0 spiro atoms. The van der Waals surface area contributed by atoms with Gasteiger partial charge in [-0.15, -0.1) is 0 Å². The Hall–Kier alpha value is -1.75. The van der Waals surface area contributed by atoms with Crippen LogP contribution in [0.4, 0.5) is 0 Å². The topological polar surface area (TPSA) is 62.8 Å². The third-order valence-electron chi connectivity index (χ3n) is 2.40. The molecule has 0 bridgehead atoms. The molecule has 2 aromatic heterocycles. The second-order valence-corrected chi connectivity index (χ2v) is 4.58. The normalized spacial score (nSPS) is 10.4. The number of ketones is 1. The molecule has 88 valence electrons. The van der Waals surface area contributed by atoms with Crippen LogP contribution < -0.4 is 4.87 Å². The number of nitrogens with one attached hydrogen (secondary N) is 1. The third kappa shape index (κ3) is 2.68. The summed E-state index contributed by atoms with van der Waals surface area (Å²) in [7, 11) is 0. The highest BCUT2D eigenvalue weighted by atomic mass is 32.1. The average Bonchev–Trinajstić information content (AvgIpc) is 2.72. The molecule has 0 aliphatic carbocycles.